The number of nitrogens with zero attached hydrogens (tertiary/aromatic N) is 2. The number of carbonyl (C=O) groups is 1. The molecule has 0 bridgehead atoms. The molecule has 3 N–H and O–H groups in total. The van der Waals surface area contributed by atoms with E-state index in [4.69, 9.17) is 5.73 Å². The molecule has 5 nitrogen and oxygen atoms in total. The van der Waals surface area contributed by atoms with Crippen molar-refractivity contribution in [3.05, 3.63) is 29.8 Å². The van der Waals surface area contributed by atoms with Gasteiger partial charge in [-0.2, -0.15) is 0 Å². The quantitative estimate of drug-likeness (QED) is 0.645. The lowest BCUT2D eigenvalue weighted by atomic mass is 10.0. The normalized spacial score (nSPS) is 14.9. The van der Waals surface area contributed by atoms with E-state index in [9.17, 15) is 4.79 Å². The van der Waals surface area contributed by atoms with Crippen molar-refractivity contribution in [2.45, 2.75) is 33.1 Å². The maximum absolute atomic E-state index is 12.4. The molecule has 0 saturated carbocycles. The van der Waals surface area contributed by atoms with E-state index in [-0.39, 0.29) is 12.5 Å². The molecule has 0 fully saturated rings. The van der Waals surface area contributed by atoms with Gasteiger partial charge < -0.3 is 16.0 Å². The van der Waals surface area contributed by atoms with Crippen molar-refractivity contribution in [3.63, 3.8) is 0 Å². The Bertz CT molecular complexity index is 539. The number of fused-ring (bicyclic) bond motifs is 1. The lowest BCUT2D eigenvalue weighted by Crippen LogP contribution is -2.39. The van der Waals surface area contributed by atoms with Crippen LogP contribution in [0.25, 0.3) is 0 Å². The van der Waals surface area contributed by atoms with Crippen LogP contribution in [0, 0.1) is 5.92 Å². The van der Waals surface area contributed by atoms with Crippen LogP contribution in [-0.2, 0) is 11.2 Å². The zero-order valence-electron chi connectivity index (χ0n) is 13.5. The number of nitrogens with one attached hydrogen (secondary N) is 1. The molecule has 22 heavy (non-hydrogen) atoms. The van der Waals surface area contributed by atoms with Crippen molar-refractivity contribution in [2.24, 2.45) is 16.6 Å². The fourth-order valence-corrected chi connectivity index (χ4v) is 2.58. The SMILES string of the molecule is CC(C)CCNC(N)=NCC(=O)N1CCCc2ccccc21. The van der Waals surface area contributed by atoms with Crippen molar-refractivity contribution >= 4 is 17.6 Å². The van der Waals surface area contributed by atoms with E-state index in [2.05, 4.69) is 30.2 Å². The van der Waals surface area contributed by atoms with Crippen LogP contribution in [0.4, 0.5) is 5.69 Å². The molecule has 1 aliphatic rings. The Morgan fingerprint density at radius 2 is 2.18 bits per heavy atom. The molecule has 1 heterocycles. The predicted molar refractivity (Wildman–Crippen MR) is 91.1 cm³/mol. The summed E-state index contributed by atoms with van der Waals surface area (Å²) in [7, 11) is 0. The lowest BCUT2D eigenvalue weighted by molar-refractivity contribution is -0.117. The minimum Gasteiger partial charge on any atom is -0.370 e. The summed E-state index contributed by atoms with van der Waals surface area (Å²) in [5.41, 5.74) is 8.05. The fraction of sp³-hybridized carbons (Fsp3) is 0.529. The summed E-state index contributed by atoms with van der Waals surface area (Å²) in [6.07, 6.45) is 3.06. The molecule has 2 rings (SSSR count). The van der Waals surface area contributed by atoms with Gasteiger partial charge in [0.2, 0.25) is 5.91 Å². The highest BCUT2D eigenvalue weighted by molar-refractivity contribution is 5.97. The molecule has 0 radical (unpaired) electrons. The number of hydrogen-bond acceptors (Lipinski definition) is 2. The van der Waals surface area contributed by atoms with E-state index in [0.29, 0.717) is 11.9 Å². The summed E-state index contributed by atoms with van der Waals surface area (Å²) in [5, 5.41) is 3.05. The van der Waals surface area contributed by atoms with Gasteiger partial charge in [-0.3, -0.25) is 4.79 Å². The van der Waals surface area contributed by atoms with Crippen molar-refractivity contribution in [1.82, 2.24) is 5.32 Å². The van der Waals surface area contributed by atoms with Gasteiger partial charge in [-0.15, -0.1) is 0 Å². The fourth-order valence-electron chi connectivity index (χ4n) is 2.58. The number of nitrogens with two attached hydrogens (primary N) is 1. The molecule has 120 valence electrons. The average Bonchev–Trinajstić information content (AvgIpc) is 2.51. The molecule has 0 aliphatic carbocycles. The highest BCUT2D eigenvalue weighted by Crippen LogP contribution is 2.26. The number of anilines is 1. The van der Waals surface area contributed by atoms with E-state index in [0.717, 1.165) is 38.0 Å². The molecule has 0 spiro atoms. The number of guanidine groups is 1. The Kier molecular flexibility index (Phi) is 5.81. The number of aliphatic imine (C=N–C) groups is 1. The number of carbonyl (C=O) groups excluding carboxylic acids is 1. The zero-order valence-corrected chi connectivity index (χ0v) is 13.5. The van der Waals surface area contributed by atoms with Gasteiger partial charge in [0.1, 0.15) is 6.54 Å². The van der Waals surface area contributed by atoms with Crippen LogP contribution in [0.1, 0.15) is 32.3 Å². The van der Waals surface area contributed by atoms with Gasteiger partial charge >= 0.3 is 0 Å². The molecule has 1 aliphatic heterocycles. The first-order chi connectivity index (χ1) is 10.6. The van der Waals surface area contributed by atoms with Crippen LogP contribution in [0.5, 0.6) is 0 Å². The maximum Gasteiger partial charge on any atom is 0.248 e. The van der Waals surface area contributed by atoms with E-state index in [1.807, 2.05) is 23.1 Å². The number of hydrogen-bond donors (Lipinski definition) is 2. The first-order valence-corrected chi connectivity index (χ1v) is 8.00. The summed E-state index contributed by atoms with van der Waals surface area (Å²) in [4.78, 5) is 18.4. The molecule has 1 amide bonds. The van der Waals surface area contributed by atoms with E-state index < -0.39 is 0 Å². The molecule has 0 atom stereocenters. The maximum atomic E-state index is 12.4. The van der Waals surface area contributed by atoms with E-state index >= 15 is 0 Å². The molecule has 5 heteroatoms. The van der Waals surface area contributed by atoms with Crippen molar-refractivity contribution in [1.29, 1.82) is 0 Å². The first-order valence-electron chi connectivity index (χ1n) is 8.00. The van der Waals surface area contributed by atoms with Crippen LogP contribution in [0.15, 0.2) is 29.3 Å². The number of rotatable bonds is 5. The number of aryl methyl sites for hydroxylation is 1. The minimum absolute atomic E-state index is 0.000703. The number of para-hydroxylation sites is 1. The largest absolute Gasteiger partial charge is 0.370 e. The summed E-state index contributed by atoms with van der Waals surface area (Å²) in [6, 6.07) is 8.07. The van der Waals surface area contributed by atoms with Crippen LogP contribution in [0.2, 0.25) is 0 Å². The topological polar surface area (TPSA) is 70.7 Å². The van der Waals surface area contributed by atoms with E-state index in [1.165, 1.54) is 5.56 Å². The van der Waals surface area contributed by atoms with Gasteiger partial charge in [0.25, 0.3) is 0 Å². The highest BCUT2D eigenvalue weighted by atomic mass is 16.2. The first kappa shape index (κ1) is 16.3. The molecule has 0 saturated heterocycles. The Balaban J connectivity index is 1.90. The third-order valence-electron chi connectivity index (χ3n) is 3.82. The molecular weight excluding hydrogens is 276 g/mol. The number of amides is 1. The van der Waals surface area contributed by atoms with Crippen molar-refractivity contribution < 1.29 is 4.79 Å². The Hall–Kier alpha value is -2.04. The van der Waals surface area contributed by atoms with Gasteiger partial charge in [-0.25, -0.2) is 4.99 Å². The minimum atomic E-state index is 0.000703. The second kappa shape index (κ2) is 7.82. The monoisotopic (exact) mass is 302 g/mol. The summed E-state index contributed by atoms with van der Waals surface area (Å²) < 4.78 is 0. The van der Waals surface area contributed by atoms with Crippen LogP contribution >= 0.6 is 0 Å². The van der Waals surface area contributed by atoms with Gasteiger partial charge in [-0.05, 0) is 36.8 Å². The van der Waals surface area contributed by atoms with Crippen LogP contribution in [-0.4, -0.2) is 31.5 Å². The highest BCUT2D eigenvalue weighted by Gasteiger charge is 2.21. The van der Waals surface area contributed by atoms with Crippen molar-refractivity contribution in [2.75, 3.05) is 24.5 Å². The number of benzene rings is 1. The van der Waals surface area contributed by atoms with Gasteiger partial charge in [0.05, 0.1) is 0 Å². The molecule has 0 unspecified atom stereocenters. The third-order valence-corrected chi connectivity index (χ3v) is 3.82. The Morgan fingerprint density at radius 3 is 2.95 bits per heavy atom. The molecule has 1 aromatic rings. The van der Waals surface area contributed by atoms with Crippen LogP contribution in [0.3, 0.4) is 0 Å². The summed E-state index contributed by atoms with van der Waals surface area (Å²) >= 11 is 0. The van der Waals surface area contributed by atoms with Gasteiger partial charge in [0, 0.05) is 18.8 Å². The van der Waals surface area contributed by atoms with Gasteiger partial charge in [-0.1, -0.05) is 32.0 Å². The Labute approximate surface area is 132 Å². The summed E-state index contributed by atoms with van der Waals surface area (Å²) in [5.74, 6) is 0.965. The molecular formula is C17H26N4O. The predicted octanol–water partition coefficient (Wildman–Crippen LogP) is 1.92. The molecule has 1 aromatic carbocycles. The smallest absolute Gasteiger partial charge is 0.248 e. The lowest BCUT2D eigenvalue weighted by Gasteiger charge is -2.29. The zero-order chi connectivity index (χ0) is 15.9. The summed E-state index contributed by atoms with van der Waals surface area (Å²) in [6.45, 7) is 5.95. The Morgan fingerprint density at radius 1 is 1.41 bits per heavy atom. The van der Waals surface area contributed by atoms with E-state index in [1.54, 1.807) is 0 Å². The average molecular weight is 302 g/mol. The molecule has 0 aromatic heterocycles. The second-order valence-corrected chi connectivity index (χ2v) is 6.09. The van der Waals surface area contributed by atoms with Crippen LogP contribution < -0.4 is 16.0 Å². The van der Waals surface area contributed by atoms with Crippen molar-refractivity contribution in [3.8, 4) is 0 Å². The standard InChI is InChI=1S/C17H26N4O/c1-13(2)9-10-19-17(18)20-12-16(22)21-11-5-7-14-6-3-4-8-15(14)21/h3-4,6,8,13H,5,7,9-12H2,1-2H3,(H3,18,19,20). The second-order valence-electron chi connectivity index (χ2n) is 6.09. The third kappa shape index (κ3) is 4.48. The van der Waals surface area contributed by atoms with Gasteiger partial charge in [0.15, 0.2) is 5.96 Å².